The van der Waals surface area contributed by atoms with E-state index in [1.54, 1.807) is 17.1 Å². The number of rotatable bonds is 4. The SMILES string of the molecule is Cc1nc(C(NC(=O)c2cnn(C(C)(C)C)c2)C(C)C)n[nH]1. The highest BCUT2D eigenvalue weighted by atomic mass is 16.1. The minimum Gasteiger partial charge on any atom is -0.342 e. The average Bonchev–Trinajstić information content (AvgIpc) is 3.03. The van der Waals surface area contributed by atoms with Crippen molar-refractivity contribution in [1.82, 2.24) is 30.3 Å². The van der Waals surface area contributed by atoms with E-state index in [4.69, 9.17) is 0 Å². The number of aryl methyl sites for hydroxylation is 1. The Hall–Kier alpha value is -2.18. The van der Waals surface area contributed by atoms with Crippen molar-refractivity contribution in [2.75, 3.05) is 0 Å². The third-order valence-electron chi connectivity index (χ3n) is 3.38. The van der Waals surface area contributed by atoms with Crippen molar-refractivity contribution < 1.29 is 4.79 Å². The molecule has 0 radical (unpaired) electrons. The van der Waals surface area contributed by atoms with Crippen LogP contribution in [0.15, 0.2) is 12.4 Å². The Labute approximate surface area is 130 Å². The number of H-pyrrole nitrogens is 1. The number of nitrogens with zero attached hydrogens (tertiary/aromatic N) is 4. The molecule has 2 rings (SSSR count). The molecule has 0 aliphatic heterocycles. The van der Waals surface area contributed by atoms with E-state index in [1.807, 2.05) is 41.5 Å². The van der Waals surface area contributed by atoms with Crippen molar-refractivity contribution in [2.45, 2.75) is 53.1 Å². The molecule has 0 spiro atoms. The quantitative estimate of drug-likeness (QED) is 0.906. The third kappa shape index (κ3) is 3.52. The van der Waals surface area contributed by atoms with Crippen LogP contribution in [0, 0.1) is 12.8 Å². The van der Waals surface area contributed by atoms with Crippen LogP contribution in [-0.4, -0.2) is 30.9 Å². The number of carbonyl (C=O) groups excluding carboxylic acids is 1. The van der Waals surface area contributed by atoms with Gasteiger partial charge in [-0.3, -0.25) is 14.6 Å². The highest BCUT2D eigenvalue weighted by molar-refractivity contribution is 5.93. The molecule has 0 saturated carbocycles. The van der Waals surface area contributed by atoms with Gasteiger partial charge in [0, 0.05) is 6.20 Å². The molecule has 1 atom stereocenters. The van der Waals surface area contributed by atoms with Crippen molar-refractivity contribution in [2.24, 2.45) is 5.92 Å². The summed E-state index contributed by atoms with van der Waals surface area (Å²) < 4.78 is 1.78. The maximum atomic E-state index is 12.4. The zero-order valence-corrected chi connectivity index (χ0v) is 14.0. The first kappa shape index (κ1) is 16.2. The minimum absolute atomic E-state index is 0.156. The number of nitrogens with one attached hydrogen (secondary N) is 2. The van der Waals surface area contributed by atoms with Gasteiger partial charge in [0.2, 0.25) is 0 Å². The van der Waals surface area contributed by atoms with Crippen LogP contribution in [0.4, 0.5) is 0 Å². The van der Waals surface area contributed by atoms with E-state index in [0.29, 0.717) is 11.4 Å². The van der Waals surface area contributed by atoms with Crippen molar-refractivity contribution in [3.63, 3.8) is 0 Å². The number of amides is 1. The van der Waals surface area contributed by atoms with Gasteiger partial charge in [-0.05, 0) is 33.6 Å². The van der Waals surface area contributed by atoms with Gasteiger partial charge >= 0.3 is 0 Å². The average molecular weight is 304 g/mol. The van der Waals surface area contributed by atoms with E-state index >= 15 is 0 Å². The van der Waals surface area contributed by atoms with E-state index in [9.17, 15) is 4.79 Å². The number of aromatic nitrogens is 5. The number of hydrogen-bond donors (Lipinski definition) is 2. The van der Waals surface area contributed by atoms with E-state index in [0.717, 1.165) is 5.82 Å². The van der Waals surface area contributed by atoms with Gasteiger partial charge in [-0.25, -0.2) is 4.98 Å². The molecular formula is C15H24N6O. The van der Waals surface area contributed by atoms with E-state index in [2.05, 4.69) is 25.6 Å². The maximum absolute atomic E-state index is 12.4. The summed E-state index contributed by atoms with van der Waals surface area (Å²) >= 11 is 0. The molecule has 2 N–H and O–H groups in total. The fourth-order valence-electron chi connectivity index (χ4n) is 2.06. The van der Waals surface area contributed by atoms with Crippen LogP contribution in [-0.2, 0) is 5.54 Å². The second kappa shape index (κ2) is 5.90. The molecule has 2 aromatic rings. The van der Waals surface area contributed by atoms with E-state index < -0.39 is 0 Å². The molecule has 0 aromatic carbocycles. The lowest BCUT2D eigenvalue weighted by Crippen LogP contribution is -2.32. The largest absolute Gasteiger partial charge is 0.342 e. The fourth-order valence-corrected chi connectivity index (χ4v) is 2.06. The second-order valence-electron chi connectivity index (χ2n) is 6.82. The first-order valence-electron chi connectivity index (χ1n) is 7.43. The van der Waals surface area contributed by atoms with Crippen LogP contribution >= 0.6 is 0 Å². The summed E-state index contributed by atoms with van der Waals surface area (Å²) in [4.78, 5) is 16.8. The van der Waals surface area contributed by atoms with Crippen LogP contribution in [0.25, 0.3) is 0 Å². The lowest BCUT2D eigenvalue weighted by molar-refractivity contribution is 0.0923. The van der Waals surface area contributed by atoms with Crippen LogP contribution in [0.1, 0.15) is 62.7 Å². The lowest BCUT2D eigenvalue weighted by atomic mass is 10.0. The maximum Gasteiger partial charge on any atom is 0.255 e. The Morgan fingerprint density at radius 3 is 2.50 bits per heavy atom. The Morgan fingerprint density at radius 2 is 2.05 bits per heavy atom. The molecule has 7 heteroatoms. The van der Waals surface area contributed by atoms with Crippen LogP contribution in [0.5, 0.6) is 0 Å². The highest BCUT2D eigenvalue weighted by Crippen LogP contribution is 2.19. The van der Waals surface area contributed by atoms with Gasteiger partial charge in [0.15, 0.2) is 5.82 Å². The molecule has 2 aromatic heterocycles. The third-order valence-corrected chi connectivity index (χ3v) is 3.38. The summed E-state index contributed by atoms with van der Waals surface area (Å²) in [5.74, 6) is 1.34. The number of hydrogen-bond acceptors (Lipinski definition) is 4. The predicted molar refractivity (Wildman–Crippen MR) is 83.4 cm³/mol. The van der Waals surface area contributed by atoms with Gasteiger partial charge in [0.25, 0.3) is 5.91 Å². The Bertz CT molecular complexity index is 649. The fraction of sp³-hybridized carbons (Fsp3) is 0.600. The Kier molecular flexibility index (Phi) is 4.35. The van der Waals surface area contributed by atoms with Crippen molar-refractivity contribution in [3.8, 4) is 0 Å². The van der Waals surface area contributed by atoms with E-state index in [-0.39, 0.29) is 23.4 Å². The molecule has 0 bridgehead atoms. The normalized spacial score (nSPS) is 13.4. The molecule has 1 amide bonds. The first-order chi connectivity index (χ1) is 10.2. The molecule has 0 saturated heterocycles. The first-order valence-corrected chi connectivity index (χ1v) is 7.43. The zero-order valence-electron chi connectivity index (χ0n) is 14.0. The summed E-state index contributed by atoms with van der Waals surface area (Å²) in [5, 5.41) is 14.2. The van der Waals surface area contributed by atoms with Gasteiger partial charge in [-0.1, -0.05) is 13.8 Å². The zero-order chi connectivity index (χ0) is 16.5. The van der Waals surface area contributed by atoms with Crippen LogP contribution in [0.2, 0.25) is 0 Å². The van der Waals surface area contributed by atoms with Crippen LogP contribution < -0.4 is 5.32 Å². The van der Waals surface area contributed by atoms with Gasteiger partial charge in [-0.2, -0.15) is 10.2 Å². The number of aromatic amines is 1. The summed E-state index contributed by atoms with van der Waals surface area (Å²) in [6.07, 6.45) is 3.34. The summed E-state index contributed by atoms with van der Waals surface area (Å²) in [6.45, 7) is 12.0. The van der Waals surface area contributed by atoms with Gasteiger partial charge in [0.05, 0.1) is 23.3 Å². The highest BCUT2D eigenvalue weighted by Gasteiger charge is 2.24. The van der Waals surface area contributed by atoms with Crippen LogP contribution in [0.3, 0.4) is 0 Å². The summed E-state index contributed by atoms with van der Waals surface area (Å²) in [7, 11) is 0. The predicted octanol–water partition coefficient (Wildman–Crippen LogP) is 2.19. The molecule has 0 aliphatic rings. The topological polar surface area (TPSA) is 88.5 Å². The molecule has 0 aliphatic carbocycles. The van der Waals surface area contributed by atoms with Gasteiger partial charge in [-0.15, -0.1) is 0 Å². The lowest BCUT2D eigenvalue weighted by Gasteiger charge is -2.20. The molecule has 22 heavy (non-hydrogen) atoms. The second-order valence-corrected chi connectivity index (χ2v) is 6.82. The monoisotopic (exact) mass is 304 g/mol. The van der Waals surface area contributed by atoms with Crippen molar-refractivity contribution >= 4 is 5.91 Å². The molecule has 7 nitrogen and oxygen atoms in total. The molecule has 2 heterocycles. The standard InChI is InChI=1S/C15H24N6O/c1-9(2)12(13-17-10(3)19-20-13)18-14(22)11-7-16-21(8-11)15(4,5)6/h7-9,12H,1-6H3,(H,18,22)(H,17,19,20). The summed E-state index contributed by atoms with van der Waals surface area (Å²) in [5.41, 5.74) is 0.379. The molecule has 120 valence electrons. The molecule has 0 fully saturated rings. The molecule has 1 unspecified atom stereocenters. The Morgan fingerprint density at radius 1 is 1.36 bits per heavy atom. The van der Waals surface area contributed by atoms with Crippen molar-refractivity contribution in [1.29, 1.82) is 0 Å². The smallest absolute Gasteiger partial charge is 0.255 e. The molecular weight excluding hydrogens is 280 g/mol. The number of carbonyl (C=O) groups is 1. The summed E-state index contributed by atoms with van der Waals surface area (Å²) in [6, 6.07) is -0.240. The van der Waals surface area contributed by atoms with Crippen molar-refractivity contribution in [3.05, 3.63) is 29.6 Å². The van der Waals surface area contributed by atoms with Gasteiger partial charge < -0.3 is 5.32 Å². The minimum atomic E-state index is -0.240. The Balaban J connectivity index is 2.17. The van der Waals surface area contributed by atoms with E-state index in [1.165, 1.54) is 0 Å². The van der Waals surface area contributed by atoms with Gasteiger partial charge in [0.1, 0.15) is 5.82 Å².